The van der Waals surface area contributed by atoms with E-state index in [-0.39, 0.29) is 17.7 Å². The minimum Gasteiger partial charge on any atom is -0.480 e. The maximum absolute atomic E-state index is 13.0. The number of hydrogen-bond acceptors (Lipinski definition) is 4. The van der Waals surface area contributed by atoms with Gasteiger partial charge in [-0.1, -0.05) is 0 Å². The minimum absolute atomic E-state index is 0.0436. The molecule has 1 rings (SSSR count). The van der Waals surface area contributed by atoms with Crippen molar-refractivity contribution in [2.45, 2.75) is 12.5 Å². The molecule has 5 N–H and O–H groups in total. The average Bonchev–Trinajstić information content (AvgIpc) is 2.31. The number of aliphatic carboxylic acids is 1. The molecule has 0 aliphatic rings. The van der Waals surface area contributed by atoms with Gasteiger partial charge in [-0.25, -0.2) is 9.18 Å². The summed E-state index contributed by atoms with van der Waals surface area (Å²) in [5, 5.41) is 19.6. The number of anilines is 1. The van der Waals surface area contributed by atoms with Crippen LogP contribution >= 0.6 is 0 Å². The summed E-state index contributed by atoms with van der Waals surface area (Å²) in [7, 11) is 0. The Bertz CT molecular complexity index is 464. The van der Waals surface area contributed by atoms with Crippen LogP contribution in [0.25, 0.3) is 0 Å². The van der Waals surface area contributed by atoms with Crippen LogP contribution in [-0.2, 0) is 4.79 Å². The lowest BCUT2D eigenvalue weighted by atomic mass is 10.1. The molecule has 6 nitrogen and oxygen atoms in total. The predicted molar refractivity (Wildman–Crippen MR) is 61.4 cm³/mol. The molecule has 0 spiro atoms. The summed E-state index contributed by atoms with van der Waals surface area (Å²) in [4.78, 5) is 22.5. The van der Waals surface area contributed by atoms with Gasteiger partial charge >= 0.3 is 5.97 Å². The van der Waals surface area contributed by atoms with Gasteiger partial charge in [0.1, 0.15) is 11.9 Å². The van der Waals surface area contributed by atoms with Crippen LogP contribution in [0.1, 0.15) is 16.8 Å². The molecule has 0 radical (unpaired) electrons. The molecule has 0 heterocycles. The third kappa shape index (κ3) is 3.42. The van der Waals surface area contributed by atoms with E-state index < -0.39 is 30.3 Å². The summed E-state index contributed by atoms with van der Waals surface area (Å²) in [5.74, 6) is -2.73. The summed E-state index contributed by atoms with van der Waals surface area (Å²) in [5.41, 5.74) is 5.40. The van der Waals surface area contributed by atoms with Gasteiger partial charge in [-0.3, -0.25) is 4.79 Å². The Hall–Kier alpha value is -2.15. The van der Waals surface area contributed by atoms with Crippen molar-refractivity contribution in [2.75, 3.05) is 12.3 Å². The molecule has 0 saturated heterocycles. The van der Waals surface area contributed by atoms with E-state index in [0.717, 1.165) is 12.1 Å². The Labute approximate surface area is 102 Å². The maximum Gasteiger partial charge on any atom is 0.326 e. The van der Waals surface area contributed by atoms with Crippen LogP contribution in [0.2, 0.25) is 0 Å². The zero-order valence-electron chi connectivity index (χ0n) is 9.39. The predicted octanol–water partition coefficient (Wildman–Crippen LogP) is -0.0267. The molecule has 7 heteroatoms. The second kappa shape index (κ2) is 5.97. The van der Waals surface area contributed by atoms with Crippen molar-refractivity contribution in [2.24, 2.45) is 0 Å². The monoisotopic (exact) mass is 256 g/mol. The number of hydrogen-bond donors (Lipinski definition) is 4. The highest BCUT2D eigenvalue weighted by atomic mass is 19.1. The number of amides is 1. The van der Waals surface area contributed by atoms with E-state index >= 15 is 0 Å². The quantitative estimate of drug-likeness (QED) is 0.553. The van der Waals surface area contributed by atoms with Gasteiger partial charge in [0.15, 0.2) is 0 Å². The Balaban J connectivity index is 2.86. The molecule has 0 bridgehead atoms. The van der Waals surface area contributed by atoms with Gasteiger partial charge in [-0.15, -0.1) is 0 Å². The van der Waals surface area contributed by atoms with E-state index in [1.165, 1.54) is 6.07 Å². The number of nitrogens with one attached hydrogen (secondary N) is 1. The van der Waals surface area contributed by atoms with Gasteiger partial charge in [-0.2, -0.15) is 0 Å². The summed E-state index contributed by atoms with van der Waals surface area (Å²) in [6.45, 7) is -0.393. The Morgan fingerprint density at radius 1 is 1.44 bits per heavy atom. The van der Waals surface area contributed by atoms with E-state index in [9.17, 15) is 14.0 Å². The van der Waals surface area contributed by atoms with Crippen molar-refractivity contribution in [1.82, 2.24) is 5.32 Å². The molecule has 0 aliphatic heterocycles. The van der Waals surface area contributed by atoms with Crippen molar-refractivity contribution < 1.29 is 24.2 Å². The molecule has 0 fully saturated rings. The number of aliphatic hydroxyl groups excluding tert-OH is 1. The number of nitrogen functional groups attached to an aromatic ring is 1. The summed E-state index contributed by atoms with van der Waals surface area (Å²) in [6, 6.07) is 1.98. The fourth-order valence-electron chi connectivity index (χ4n) is 1.35. The smallest absolute Gasteiger partial charge is 0.326 e. The van der Waals surface area contributed by atoms with Crippen molar-refractivity contribution in [1.29, 1.82) is 0 Å². The summed E-state index contributed by atoms with van der Waals surface area (Å²) >= 11 is 0. The summed E-state index contributed by atoms with van der Waals surface area (Å²) < 4.78 is 13.0. The first-order valence-corrected chi connectivity index (χ1v) is 5.15. The molecule has 18 heavy (non-hydrogen) atoms. The molecule has 98 valence electrons. The molecule has 1 atom stereocenters. The van der Waals surface area contributed by atoms with Crippen LogP contribution in [-0.4, -0.2) is 34.7 Å². The standard InChI is InChI=1S/C11H13FN2O4/c12-6-1-2-8(13)7(5-6)10(16)14-9(3-4-15)11(17)18/h1-2,5,9,15H,3-4,13H2,(H,14,16)(H,17,18)/t9-/m0/s1. The normalized spacial score (nSPS) is 11.9. The van der Waals surface area contributed by atoms with Crippen molar-refractivity contribution in [3.63, 3.8) is 0 Å². The van der Waals surface area contributed by atoms with E-state index in [2.05, 4.69) is 5.32 Å². The number of halogens is 1. The molecule has 0 aromatic heterocycles. The summed E-state index contributed by atoms with van der Waals surface area (Å²) in [6.07, 6.45) is -0.143. The number of benzene rings is 1. The van der Waals surface area contributed by atoms with Crippen molar-refractivity contribution in [3.8, 4) is 0 Å². The molecule has 1 aromatic carbocycles. The highest BCUT2D eigenvalue weighted by molar-refractivity contribution is 6.00. The lowest BCUT2D eigenvalue weighted by molar-refractivity contribution is -0.139. The number of carbonyl (C=O) groups excluding carboxylic acids is 1. The van der Waals surface area contributed by atoms with Crippen LogP contribution in [0, 0.1) is 5.82 Å². The van der Waals surface area contributed by atoms with Gasteiger partial charge in [0.05, 0.1) is 5.56 Å². The number of nitrogens with two attached hydrogens (primary N) is 1. The Morgan fingerprint density at radius 3 is 2.67 bits per heavy atom. The van der Waals surface area contributed by atoms with Gasteiger partial charge in [0.2, 0.25) is 0 Å². The minimum atomic E-state index is -1.28. The number of carboxylic acids is 1. The van der Waals surface area contributed by atoms with Gasteiger partial charge in [0.25, 0.3) is 5.91 Å². The molecule has 1 amide bonds. The Kier molecular flexibility index (Phi) is 4.61. The zero-order chi connectivity index (χ0) is 13.7. The van der Waals surface area contributed by atoms with Crippen LogP contribution in [0.15, 0.2) is 18.2 Å². The van der Waals surface area contributed by atoms with Gasteiger partial charge < -0.3 is 21.3 Å². The van der Waals surface area contributed by atoms with Crippen LogP contribution in [0.3, 0.4) is 0 Å². The number of carboxylic acid groups (broad SMARTS) is 1. The fourth-order valence-corrected chi connectivity index (χ4v) is 1.35. The van der Waals surface area contributed by atoms with Crippen molar-refractivity contribution in [3.05, 3.63) is 29.6 Å². The van der Waals surface area contributed by atoms with Gasteiger partial charge in [0, 0.05) is 18.7 Å². The molecule has 0 aliphatic carbocycles. The Morgan fingerprint density at radius 2 is 2.11 bits per heavy atom. The first-order chi connectivity index (χ1) is 8.45. The first-order valence-electron chi connectivity index (χ1n) is 5.15. The molecule has 0 saturated carbocycles. The van der Waals surface area contributed by atoms with Crippen molar-refractivity contribution >= 4 is 17.6 Å². The van der Waals surface area contributed by atoms with Crippen LogP contribution < -0.4 is 11.1 Å². The number of carbonyl (C=O) groups is 2. The lowest BCUT2D eigenvalue weighted by Crippen LogP contribution is -2.41. The van der Waals surface area contributed by atoms with Gasteiger partial charge in [-0.05, 0) is 18.2 Å². The average molecular weight is 256 g/mol. The van der Waals surface area contributed by atoms with Crippen LogP contribution in [0.5, 0.6) is 0 Å². The number of aliphatic hydroxyl groups is 1. The fraction of sp³-hybridized carbons (Fsp3) is 0.273. The topological polar surface area (TPSA) is 113 Å². The first kappa shape index (κ1) is 13.9. The van der Waals surface area contributed by atoms with E-state index in [1.807, 2.05) is 0 Å². The van der Waals surface area contributed by atoms with E-state index in [0.29, 0.717) is 0 Å². The highest BCUT2D eigenvalue weighted by Gasteiger charge is 2.21. The highest BCUT2D eigenvalue weighted by Crippen LogP contribution is 2.13. The third-order valence-electron chi connectivity index (χ3n) is 2.28. The van der Waals surface area contributed by atoms with E-state index in [4.69, 9.17) is 15.9 Å². The second-order valence-corrected chi connectivity index (χ2v) is 3.61. The molecular weight excluding hydrogens is 243 g/mol. The molecule has 0 unspecified atom stereocenters. The number of rotatable bonds is 5. The lowest BCUT2D eigenvalue weighted by Gasteiger charge is -2.14. The molecule has 1 aromatic rings. The maximum atomic E-state index is 13.0. The largest absolute Gasteiger partial charge is 0.480 e. The van der Waals surface area contributed by atoms with E-state index in [1.54, 1.807) is 0 Å². The third-order valence-corrected chi connectivity index (χ3v) is 2.28. The van der Waals surface area contributed by atoms with Crippen LogP contribution in [0.4, 0.5) is 10.1 Å². The molecular formula is C11H13FN2O4. The second-order valence-electron chi connectivity index (χ2n) is 3.61. The SMILES string of the molecule is Nc1ccc(F)cc1C(=O)N[C@@H](CCO)C(=O)O. The zero-order valence-corrected chi connectivity index (χ0v) is 9.39.